The Bertz CT molecular complexity index is 433. The number of nitrogens with two attached hydrogens (primary N) is 1. The Hall–Kier alpha value is -1.10. The minimum absolute atomic E-state index is 0.369. The average Bonchev–Trinajstić information content (AvgIpc) is 2.94. The van der Waals surface area contributed by atoms with Crippen molar-refractivity contribution in [1.29, 1.82) is 0 Å². The number of anilines is 2. The van der Waals surface area contributed by atoms with Crippen LogP contribution in [0.2, 0.25) is 0 Å². The highest BCUT2D eigenvalue weighted by Crippen LogP contribution is 2.40. The van der Waals surface area contributed by atoms with Crippen molar-refractivity contribution < 1.29 is 4.74 Å². The van der Waals surface area contributed by atoms with Gasteiger partial charge in [0.2, 0.25) is 5.88 Å². The lowest BCUT2D eigenvalue weighted by molar-refractivity contribution is 0.307. The number of nitrogen functional groups attached to an aromatic ring is 1. The molecule has 3 N–H and O–H groups in total. The molecule has 0 aromatic carbocycles. The van der Waals surface area contributed by atoms with Gasteiger partial charge in [-0.15, -0.1) is 0 Å². The zero-order chi connectivity index (χ0) is 14.4. The first-order chi connectivity index (χ1) is 9.69. The fourth-order valence-corrected chi connectivity index (χ4v) is 3.50. The number of thioether (sulfide) groups is 1. The standard InChI is InChI=1S/C15H25N3OS/c1-3-10-19-14-12(16)6-7-13(18-14)17-11-15(20-2)8-4-5-9-15/h6-7H,3-5,8-11,16H2,1-2H3,(H,17,18). The third kappa shape index (κ3) is 3.72. The van der Waals surface area contributed by atoms with E-state index in [0.29, 0.717) is 22.9 Å². The fraction of sp³-hybridized carbons (Fsp3) is 0.667. The summed E-state index contributed by atoms with van der Waals surface area (Å²) in [5.74, 6) is 1.40. The molecule has 0 amide bonds. The number of hydrogen-bond donors (Lipinski definition) is 2. The third-order valence-electron chi connectivity index (χ3n) is 3.87. The summed E-state index contributed by atoms with van der Waals surface area (Å²) in [6.07, 6.45) is 8.41. The fourth-order valence-electron chi connectivity index (χ4n) is 2.59. The van der Waals surface area contributed by atoms with Crippen molar-refractivity contribution in [2.75, 3.05) is 30.5 Å². The van der Waals surface area contributed by atoms with Crippen LogP contribution in [0.3, 0.4) is 0 Å². The van der Waals surface area contributed by atoms with Gasteiger partial charge in [-0.3, -0.25) is 0 Å². The Kier molecular flexibility index (Phi) is 5.40. The zero-order valence-electron chi connectivity index (χ0n) is 12.4. The van der Waals surface area contributed by atoms with E-state index >= 15 is 0 Å². The normalized spacial score (nSPS) is 17.1. The second-order valence-electron chi connectivity index (χ2n) is 5.39. The summed E-state index contributed by atoms with van der Waals surface area (Å²) in [5, 5.41) is 3.45. The molecule has 1 fully saturated rings. The van der Waals surface area contributed by atoms with Gasteiger partial charge in [-0.2, -0.15) is 16.7 Å². The van der Waals surface area contributed by atoms with Crippen molar-refractivity contribution in [2.45, 2.75) is 43.8 Å². The zero-order valence-corrected chi connectivity index (χ0v) is 13.3. The van der Waals surface area contributed by atoms with E-state index in [1.807, 2.05) is 23.9 Å². The van der Waals surface area contributed by atoms with Gasteiger partial charge in [0.05, 0.1) is 12.3 Å². The Labute approximate surface area is 125 Å². The molecule has 1 aliphatic rings. The van der Waals surface area contributed by atoms with Crippen LogP contribution in [0, 0.1) is 0 Å². The lowest BCUT2D eigenvalue weighted by atomic mass is 10.1. The number of nitrogens with zero attached hydrogens (tertiary/aromatic N) is 1. The van der Waals surface area contributed by atoms with Crippen molar-refractivity contribution in [2.24, 2.45) is 0 Å². The van der Waals surface area contributed by atoms with E-state index in [1.54, 1.807) is 0 Å². The van der Waals surface area contributed by atoms with Gasteiger partial charge in [0.15, 0.2) is 0 Å². The number of nitrogens with one attached hydrogen (secondary N) is 1. The summed E-state index contributed by atoms with van der Waals surface area (Å²) in [7, 11) is 0. The van der Waals surface area contributed by atoms with Crippen LogP contribution in [0.15, 0.2) is 12.1 Å². The monoisotopic (exact) mass is 295 g/mol. The molecule has 0 atom stereocenters. The van der Waals surface area contributed by atoms with Crippen molar-refractivity contribution in [3.8, 4) is 5.88 Å². The first kappa shape index (κ1) is 15.3. The van der Waals surface area contributed by atoms with Crippen molar-refractivity contribution >= 4 is 23.3 Å². The molecular weight excluding hydrogens is 270 g/mol. The summed E-state index contributed by atoms with van der Waals surface area (Å²) in [4.78, 5) is 4.47. The maximum atomic E-state index is 5.88. The second-order valence-corrected chi connectivity index (χ2v) is 6.66. The Morgan fingerprint density at radius 1 is 1.40 bits per heavy atom. The highest BCUT2D eigenvalue weighted by Gasteiger charge is 2.32. The molecule has 2 rings (SSSR count). The Balaban J connectivity index is 1.98. The smallest absolute Gasteiger partial charge is 0.239 e. The molecule has 1 aromatic heterocycles. The molecule has 1 heterocycles. The summed E-state index contributed by atoms with van der Waals surface area (Å²) < 4.78 is 5.94. The topological polar surface area (TPSA) is 60.2 Å². The number of rotatable bonds is 7. The van der Waals surface area contributed by atoms with Crippen LogP contribution in [0.25, 0.3) is 0 Å². The maximum Gasteiger partial charge on any atom is 0.239 e. The highest BCUT2D eigenvalue weighted by molar-refractivity contribution is 8.00. The molecule has 20 heavy (non-hydrogen) atoms. The highest BCUT2D eigenvalue weighted by atomic mass is 32.2. The maximum absolute atomic E-state index is 5.88. The summed E-state index contributed by atoms with van der Waals surface area (Å²) in [6, 6.07) is 3.79. The van der Waals surface area contributed by atoms with E-state index in [9.17, 15) is 0 Å². The van der Waals surface area contributed by atoms with Crippen LogP contribution in [-0.2, 0) is 0 Å². The molecule has 4 nitrogen and oxygen atoms in total. The minimum Gasteiger partial charge on any atom is -0.476 e. The third-order valence-corrected chi connectivity index (χ3v) is 5.29. The molecule has 5 heteroatoms. The first-order valence-electron chi connectivity index (χ1n) is 7.37. The SMILES string of the molecule is CCCOc1nc(NCC2(SC)CCCC2)ccc1N. The van der Waals surface area contributed by atoms with Crippen molar-refractivity contribution in [3.63, 3.8) is 0 Å². The van der Waals surface area contributed by atoms with Gasteiger partial charge in [0, 0.05) is 11.3 Å². The molecule has 1 aromatic rings. The first-order valence-corrected chi connectivity index (χ1v) is 8.60. The number of pyridine rings is 1. The molecule has 0 spiro atoms. The molecule has 1 aliphatic carbocycles. The second kappa shape index (κ2) is 7.07. The lowest BCUT2D eigenvalue weighted by Crippen LogP contribution is -2.30. The molecule has 0 saturated heterocycles. The minimum atomic E-state index is 0.369. The van der Waals surface area contributed by atoms with Crippen LogP contribution < -0.4 is 15.8 Å². The van der Waals surface area contributed by atoms with E-state index in [4.69, 9.17) is 10.5 Å². The summed E-state index contributed by atoms with van der Waals surface area (Å²) >= 11 is 1.97. The summed E-state index contributed by atoms with van der Waals surface area (Å²) in [5.41, 5.74) is 6.48. The quantitative estimate of drug-likeness (QED) is 0.805. The Morgan fingerprint density at radius 2 is 2.15 bits per heavy atom. The summed E-state index contributed by atoms with van der Waals surface area (Å²) in [6.45, 7) is 3.67. The van der Waals surface area contributed by atoms with E-state index < -0.39 is 0 Å². The lowest BCUT2D eigenvalue weighted by Gasteiger charge is -2.27. The van der Waals surface area contributed by atoms with Crippen LogP contribution in [0.5, 0.6) is 5.88 Å². The number of aromatic nitrogens is 1. The van der Waals surface area contributed by atoms with E-state index in [0.717, 1.165) is 18.8 Å². The van der Waals surface area contributed by atoms with Gasteiger partial charge >= 0.3 is 0 Å². The number of hydrogen-bond acceptors (Lipinski definition) is 5. The molecular formula is C15H25N3OS. The van der Waals surface area contributed by atoms with Crippen LogP contribution >= 0.6 is 11.8 Å². The average molecular weight is 295 g/mol. The van der Waals surface area contributed by atoms with Gasteiger partial charge in [-0.25, -0.2) is 0 Å². The van der Waals surface area contributed by atoms with Crippen LogP contribution in [0.4, 0.5) is 11.5 Å². The van der Waals surface area contributed by atoms with E-state index in [1.165, 1.54) is 25.7 Å². The van der Waals surface area contributed by atoms with Gasteiger partial charge < -0.3 is 15.8 Å². The van der Waals surface area contributed by atoms with Gasteiger partial charge in [0.25, 0.3) is 0 Å². The molecule has 112 valence electrons. The van der Waals surface area contributed by atoms with Crippen LogP contribution in [-0.4, -0.2) is 29.1 Å². The number of ether oxygens (including phenoxy) is 1. The van der Waals surface area contributed by atoms with E-state index in [2.05, 4.69) is 23.5 Å². The predicted octanol–water partition coefficient (Wildman–Crippen LogP) is 3.54. The largest absolute Gasteiger partial charge is 0.476 e. The van der Waals surface area contributed by atoms with Gasteiger partial charge in [-0.1, -0.05) is 19.8 Å². The predicted molar refractivity (Wildman–Crippen MR) is 87.6 cm³/mol. The van der Waals surface area contributed by atoms with Gasteiger partial charge in [-0.05, 0) is 37.7 Å². The Morgan fingerprint density at radius 3 is 2.80 bits per heavy atom. The van der Waals surface area contributed by atoms with Crippen molar-refractivity contribution in [3.05, 3.63) is 12.1 Å². The molecule has 0 unspecified atom stereocenters. The molecule has 1 saturated carbocycles. The van der Waals surface area contributed by atoms with Crippen LogP contribution in [0.1, 0.15) is 39.0 Å². The molecule has 0 aliphatic heterocycles. The van der Waals surface area contributed by atoms with Gasteiger partial charge in [0.1, 0.15) is 5.82 Å². The van der Waals surface area contributed by atoms with E-state index in [-0.39, 0.29) is 0 Å². The molecule has 0 bridgehead atoms. The molecule has 0 radical (unpaired) electrons. The van der Waals surface area contributed by atoms with Crippen molar-refractivity contribution in [1.82, 2.24) is 4.98 Å².